The van der Waals surface area contributed by atoms with Gasteiger partial charge in [-0.25, -0.2) is 0 Å². The summed E-state index contributed by atoms with van der Waals surface area (Å²) in [5, 5.41) is 2.36. The quantitative estimate of drug-likeness (QED) is 0.769. The van der Waals surface area contributed by atoms with Crippen molar-refractivity contribution in [3.8, 4) is 0 Å². The Labute approximate surface area is 102 Å². The van der Waals surface area contributed by atoms with Gasteiger partial charge in [0, 0.05) is 18.7 Å². The molecule has 0 bridgehead atoms. The second-order valence-corrected chi connectivity index (χ2v) is 4.58. The highest BCUT2D eigenvalue weighted by molar-refractivity contribution is 5.96. The summed E-state index contributed by atoms with van der Waals surface area (Å²) < 4.78 is 0. The molecule has 2 aromatic rings. The Bertz CT molecular complexity index is 545. The first-order valence-electron chi connectivity index (χ1n) is 5.86. The van der Waals surface area contributed by atoms with Gasteiger partial charge in [0.25, 0.3) is 0 Å². The van der Waals surface area contributed by atoms with Gasteiger partial charge < -0.3 is 4.90 Å². The minimum absolute atomic E-state index is 0.0199. The van der Waals surface area contributed by atoms with Gasteiger partial charge in [0.1, 0.15) is 0 Å². The molecule has 0 spiro atoms. The fraction of sp³-hybridized carbons (Fsp3) is 0.267. The Morgan fingerprint density at radius 3 is 2.35 bits per heavy atom. The fourth-order valence-corrected chi connectivity index (χ4v) is 1.90. The molecule has 0 atom stereocenters. The van der Waals surface area contributed by atoms with E-state index in [1.807, 2.05) is 39.1 Å². The van der Waals surface area contributed by atoms with Crippen molar-refractivity contribution in [3.63, 3.8) is 0 Å². The van der Waals surface area contributed by atoms with E-state index in [-0.39, 0.29) is 11.8 Å². The topological polar surface area (TPSA) is 20.3 Å². The molecule has 0 aromatic heterocycles. The van der Waals surface area contributed by atoms with Gasteiger partial charge in [-0.2, -0.15) is 0 Å². The molecule has 0 radical (unpaired) electrons. The maximum Gasteiger partial charge on any atom is 0.229 e. The number of carbonyl (C=O) groups excluding carboxylic acids is 1. The first-order valence-corrected chi connectivity index (χ1v) is 5.86. The third-order valence-corrected chi connectivity index (χ3v) is 2.94. The molecule has 0 aliphatic heterocycles. The van der Waals surface area contributed by atoms with Crippen LogP contribution in [0.1, 0.15) is 13.8 Å². The van der Waals surface area contributed by atoms with Gasteiger partial charge in [-0.15, -0.1) is 0 Å². The molecule has 0 heterocycles. The zero-order chi connectivity index (χ0) is 12.4. The Morgan fingerprint density at radius 2 is 1.71 bits per heavy atom. The van der Waals surface area contributed by atoms with Crippen molar-refractivity contribution < 1.29 is 4.79 Å². The molecule has 2 nitrogen and oxygen atoms in total. The van der Waals surface area contributed by atoms with Gasteiger partial charge in [-0.05, 0) is 22.9 Å². The number of fused-ring (bicyclic) bond motifs is 1. The normalized spacial score (nSPS) is 10.8. The lowest BCUT2D eigenvalue weighted by Crippen LogP contribution is -2.30. The first kappa shape index (κ1) is 11.6. The number of benzene rings is 2. The maximum atomic E-state index is 11.9. The lowest BCUT2D eigenvalue weighted by atomic mass is 10.1. The van der Waals surface area contributed by atoms with Crippen LogP contribution in [0.15, 0.2) is 42.5 Å². The molecule has 1 amide bonds. The molecular formula is C15H17NO. The van der Waals surface area contributed by atoms with Crippen molar-refractivity contribution in [2.24, 2.45) is 5.92 Å². The van der Waals surface area contributed by atoms with Crippen molar-refractivity contribution >= 4 is 22.4 Å². The minimum Gasteiger partial charge on any atom is -0.315 e. The average molecular weight is 227 g/mol. The summed E-state index contributed by atoms with van der Waals surface area (Å²) in [6.07, 6.45) is 0. The SMILES string of the molecule is CC(C)C(=O)N(C)c1ccc2ccccc2c1. The largest absolute Gasteiger partial charge is 0.315 e. The van der Waals surface area contributed by atoms with E-state index < -0.39 is 0 Å². The van der Waals surface area contributed by atoms with E-state index in [9.17, 15) is 4.79 Å². The standard InChI is InChI=1S/C15H17NO/c1-11(2)15(17)16(3)14-9-8-12-6-4-5-7-13(12)10-14/h4-11H,1-3H3. The molecule has 88 valence electrons. The second-order valence-electron chi connectivity index (χ2n) is 4.58. The molecule has 17 heavy (non-hydrogen) atoms. The van der Waals surface area contributed by atoms with Gasteiger partial charge in [-0.1, -0.05) is 44.2 Å². The second kappa shape index (κ2) is 4.58. The lowest BCUT2D eigenvalue weighted by Gasteiger charge is -2.20. The number of rotatable bonds is 2. The summed E-state index contributed by atoms with van der Waals surface area (Å²) in [6.45, 7) is 3.83. The molecule has 0 aliphatic carbocycles. The van der Waals surface area contributed by atoms with Crippen LogP contribution in [-0.4, -0.2) is 13.0 Å². The summed E-state index contributed by atoms with van der Waals surface area (Å²) in [5.74, 6) is 0.159. The van der Waals surface area contributed by atoms with Gasteiger partial charge >= 0.3 is 0 Å². The Balaban J connectivity index is 2.39. The van der Waals surface area contributed by atoms with Crippen molar-refractivity contribution in [3.05, 3.63) is 42.5 Å². The summed E-state index contributed by atoms with van der Waals surface area (Å²) in [7, 11) is 1.83. The molecule has 0 N–H and O–H groups in total. The van der Waals surface area contributed by atoms with E-state index in [1.54, 1.807) is 4.90 Å². The Hall–Kier alpha value is -1.83. The number of carbonyl (C=O) groups is 1. The van der Waals surface area contributed by atoms with Crippen LogP contribution in [0, 0.1) is 5.92 Å². The minimum atomic E-state index is 0.0199. The number of hydrogen-bond acceptors (Lipinski definition) is 1. The van der Waals surface area contributed by atoms with Crippen molar-refractivity contribution in [2.45, 2.75) is 13.8 Å². The maximum absolute atomic E-state index is 11.9. The highest BCUT2D eigenvalue weighted by atomic mass is 16.2. The highest BCUT2D eigenvalue weighted by Gasteiger charge is 2.14. The number of amides is 1. The fourth-order valence-electron chi connectivity index (χ4n) is 1.90. The summed E-state index contributed by atoms with van der Waals surface area (Å²) in [4.78, 5) is 13.6. The predicted molar refractivity (Wildman–Crippen MR) is 72.2 cm³/mol. The first-order chi connectivity index (χ1) is 8.09. The van der Waals surface area contributed by atoms with Crippen molar-refractivity contribution in [1.82, 2.24) is 0 Å². The molecule has 0 fully saturated rings. The summed E-state index contributed by atoms with van der Waals surface area (Å²) >= 11 is 0. The summed E-state index contributed by atoms with van der Waals surface area (Å²) in [5.41, 5.74) is 0.947. The Morgan fingerprint density at radius 1 is 1.06 bits per heavy atom. The molecule has 2 rings (SSSR count). The van der Waals surface area contributed by atoms with Crippen LogP contribution in [0.2, 0.25) is 0 Å². The van der Waals surface area contributed by atoms with Crippen LogP contribution in [0.25, 0.3) is 10.8 Å². The van der Waals surface area contributed by atoms with Crippen LogP contribution >= 0.6 is 0 Å². The van der Waals surface area contributed by atoms with E-state index in [2.05, 4.69) is 24.3 Å². The third-order valence-electron chi connectivity index (χ3n) is 2.94. The summed E-state index contributed by atoms with van der Waals surface area (Å²) in [6, 6.07) is 14.3. The number of hydrogen-bond donors (Lipinski definition) is 0. The van der Waals surface area contributed by atoms with Crippen molar-refractivity contribution in [2.75, 3.05) is 11.9 Å². The van der Waals surface area contributed by atoms with E-state index in [0.717, 1.165) is 11.1 Å². The third kappa shape index (κ3) is 2.31. The van der Waals surface area contributed by atoms with E-state index >= 15 is 0 Å². The zero-order valence-electron chi connectivity index (χ0n) is 10.5. The smallest absolute Gasteiger partial charge is 0.229 e. The lowest BCUT2D eigenvalue weighted by molar-refractivity contribution is -0.121. The van der Waals surface area contributed by atoms with Crippen LogP contribution in [0.5, 0.6) is 0 Å². The van der Waals surface area contributed by atoms with E-state index in [4.69, 9.17) is 0 Å². The van der Waals surface area contributed by atoms with Crippen LogP contribution in [0.4, 0.5) is 5.69 Å². The highest BCUT2D eigenvalue weighted by Crippen LogP contribution is 2.22. The predicted octanol–water partition coefficient (Wildman–Crippen LogP) is 3.46. The molecule has 2 heteroatoms. The molecule has 0 aliphatic rings. The molecular weight excluding hydrogens is 210 g/mol. The Kier molecular flexibility index (Phi) is 3.14. The molecule has 0 unspecified atom stereocenters. The number of anilines is 1. The monoisotopic (exact) mass is 227 g/mol. The number of nitrogens with zero attached hydrogens (tertiary/aromatic N) is 1. The van der Waals surface area contributed by atoms with E-state index in [1.165, 1.54) is 5.39 Å². The van der Waals surface area contributed by atoms with E-state index in [0.29, 0.717) is 0 Å². The molecule has 2 aromatic carbocycles. The van der Waals surface area contributed by atoms with Crippen molar-refractivity contribution in [1.29, 1.82) is 0 Å². The van der Waals surface area contributed by atoms with Gasteiger partial charge in [0.2, 0.25) is 5.91 Å². The zero-order valence-corrected chi connectivity index (χ0v) is 10.5. The van der Waals surface area contributed by atoms with Crippen LogP contribution < -0.4 is 4.90 Å². The van der Waals surface area contributed by atoms with Crippen LogP contribution in [0.3, 0.4) is 0 Å². The van der Waals surface area contributed by atoms with Crippen LogP contribution in [-0.2, 0) is 4.79 Å². The average Bonchev–Trinajstić information content (AvgIpc) is 2.36. The molecule has 0 saturated heterocycles. The van der Waals surface area contributed by atoms with Gasteiger partial charge in [-0.3, -0.25) is 4.79 Å². The van der Waals surface area contributed by atoms with Gasteiger partial charge in [0.15, 0.2) is 0 Å². The molecule has 0 saturated carbocycles. The van der Waals surface area contributed by atoms with Gasteiger partial charge in [0.05, 0.1) is 0 Å².